The van der Waals surface area contributed by atoms with E-state index in [1.807, 2.05) is 0 Å². The highest BCUT2D eigenvalue weighted by Crippen LogP contribution is 2.38. The molecule has 0 aromatic carbocycles. The number of hydrogen-bond donors (Lipinski definition) is 1. The minimum atomic E-state index is 0.300. The average molecular weight is 281 g/mol. The lowest BCUT2D eigenvalue weighted by Gasteiger charge is -2.41. The Labute approximate surface area is 125 Å². The standard InChI is InChI=1S/C17H35N3/c1-14(2)15-6-5-9-17(13-18,10-7-15)20-11-8-16(12-20)19(3)4/h14-16H,5-13,18H2,1-4H3. The molecule has 0 radical (unpaired) electrons. The second-order valence-electron chi connectivity index (χ2n) is 7.72. The molecule has 1 saturated carbocycles. The van der Waals surface area contributed by atoms with Crippen molar-refractivity contribution in [1.29, 1.82) is 0 Å². The van der Waals surface area contributed by atoms with Crippen molar-refractivity contribution in [2.75, 3.05) is 33.7 Å². The lowest BCUT2D eigenvalue weighted by atomic mass is 9.85. The van der Waals surface area contributed by atoms with Gasteiger partial charge in [0.1, 0.15) is 0 Å². The van der Waals surface area contributed by atoms with Crippen molar-refractivity contribution in [3.63, 3.8) is 0 Å². The Morgan fingerprint density at radius 3 is 2.50 bits per heavy atom. The number of likely N-dealkylation sites (tertiary alicyclic amines) is 1. The summed E-state index contributed by atoms with van der Waals surface area (Å²) in [5.74, 6) is 1.74. The first kappa shape index (κ1) is 16.3. The normalized spacial score (nSPS) is 36.8. The van der Waals surface area contributed by atoms with Crippen LogP contribution in [0.15, 0.2) is 0 Å². The quantitative estimate of drug-likeness (QED) is 0.804. The van der Waals surface area contributed by atoms with Crippen LogP contribution in [0.3, 0.4) is 0 Å². The SMILES string of the molecule is CC(C)C1CCCC(CN)(N2CCC(N(C)C)C2)CC1. The molecule has 0 spiro atoms. The summed E-state index contributed by atoms with van der Waals surface area (Å²) >= 11 is 0. The van der Waals surface area contributed by atoms with Gasteiger partial charge in [-0.2, -0.15) is 0 Å². The van der Waals surface area contributed by atoms with E-state index in [0.717, 1.165) is 24.4 Å². The number of nitrogens with two attached hydrogens (primary N) is 1. The van der Waals surface area contributed by atoms with E-state index in [1.165, 1.54) is 51.6 Å². The fraction of sp³-hybridized carbons (Fsp3) is 1.00. The lowest BCUT2D eigenvalue weighted by molar-refractivity contribution is 0.0950. The minimum Gasteiger partial charge on any atom is -0.329 e. The smallest absolute Gasteiger partial charge is 0.0332 e. The highest BCUT2D eigenvalue weighted by atomic mass is 15.3. The first-order valence-corrected chi connectivity index (χ1v) is 8.60. The van der Waals surface area contributed by atoms with Gasteiger partial charge in [0.25, 0.3) is 0 Å². The van der Waals surface area contributed by atoms with E-state index in [1.54, 1.807) is 0 Å². The summed E-state index contributed by atoms with van der Waals surface area (Å²) in [6, 6.07) is 0.725. The molecule has 3 heteroatoms. The van der Waals surface area contributed by atoms with Crippen LogP contribution < -0.4 is 5.73 Å². The Morgan fingerprint density at radius 1 is 1.20 bits per heavy atom. The minimum absolute atomic E-state index is 0.300. The van der Waals surface area contributed by atoms with Gasteiger partial charge in [-0.3, -0.25) is 4.90 Å². The third kappa shape index (κ3) is 3.37. The van der Waals surface area contributed by atoms with E-state index >= 15 is 0 Å². The summed E-state index contributed by atoms with van der Waals surface area (Å²) in [6.07, 6.45) is 8.08. The van der Waals surface area contributed by atoms with Crippen LogP contribution in [0, 0.1) is 11.8 Å². The summed E-state index contributed by atoms with van der Waals surface area (Å²) < 4.78 is 0. The van der Waals surface area contributed by atoms with Crippen LogP contribution in [-0.2, 0) is 0 Å². The van der Waals surface area contributed by atoms with E-state index < -0.39 is 0 Å². The zero-order chi connectivity index (χ0) is 14.8. The molecule has 0 amide bonds. The van der Waals surface area contributed by atoms with Crippen molar-refractivity contribution >= 4 is 0 Å². The van der Waals surface area contributed by atoms with Gasteiger partial charge in [0.15, 0.2) is 0 Å². The van der Waals surface area contributed by atoms with Crippen molar-refractivity contribution in [2.24, 2.45) is 17.6 Å². The van der Waals surface area contributed by atoms with Gasteiger partial charge in [-0.05, 0) is 51.6 Å². The van der Waals surface area contributed by atoms with Gasteiger partial charge in [0.2, 0.25) is 0 Å². The Kier molecular flexibility index (Phi) is 5.49. The topological polar surface area (TPSA) is 32.5 Å². The molecule has 0 aromatic rings. The molecule has 1 aliphatic heterocycles. The molecule has 3 nitrogen and oxygen atoms in total. The molecule has 118 valence electrons. The van der Waals surface area contributed by atoms with E-state index in [2.05, 4.69) is 37.7 Å². The second kappa shape index (κ2) is 6.76. The first-order chi connectivity index (χ1) is 9.48. The van der Waals surface area contributed by atoms with E-state index in [4.69, 9.17) is 5.73 Å². The Bertz CT molecular complexity index is 303. The third-order valence-corrected chi connectivity index (χ3v) is 6.08. The zero-order valence-electron chi connectivity index (χ0n) is 14.1. The number of likely N-dealkylation sites (N-methyl/N-ethyl adjacent to an activating group) is 1. The number of rotatable bonds is 4. The predicted octanol–water partition coefficient (Wildman–Crippen LogP) is 2.56. The van der Waals surface area contributed by atoms with Gasteiger partial charge in [-0.15, -0.1) is 0 Å². The molecule has 0 bridgehead atoms. The van der Waals surface area contributed by atoms with E-state index in [9.17, 15) is 0 Å². The molecule has 2 N–H and O–H groups in total. The molecule has 1 heterocycles. The fourth-order valence-electron chi connectivity index (χ4n) is 4.33. The van der Waals surface area contributed by atoms with Gasteiger partial charge in [0, 0.05) is 31.2 Å². The first-order valence-electron chi connectivity index (χ1n) is 8.60. The Hall–Kier alpha value is -0.120. The van der Waals surface area contributed by atoms with Crippen LogP contribution in [0.2, 0.25) is 0 Å². The van der Waals surface area contributed by atoms with E-state index in [0.29, 0.717) is 5.54 Å². The molecule has 2 aliphatic rings. The maximum absolute atomic E-state index is 6.28. The molecule has 20 heavy (non-hydrogen) atoms. The monoisotopic (exact) mass is 281 g/mol. The molecule has 2 fully saturated rings. The molecule has 0 aromatic heterocycles. The number of nitrogens with zero attached hydrogens (tertiary/aromatic N) is 2. The molecule has 1 aliphatic carbocycles. The van der Waals surface area contributed by atoms with Gasteiger partial charge in [0.05, 0.1) is 0 Å². The van der Waals surface area contributed by atoms with Crippen molar-refractivity contribution in [2.45, 2.75) is 64.0 Å². The summed E-state index contributed by atoms with van der Waals surface area (Å²) in [5.41, 5.74) is 6.58. The van der Waals surface area contributed by atoms with Crippen LogP contribution in [0.25, 0.3) is 0 Å². The molecule has 3 atom stereocenters. The van der Waals surface area contributed by atoms with Crippen LogP contribution in [0.5, 0.6) is 0 Å². The highest BCUT2D eigenvalue weighted by molar-refractivity contribution is 4.98. The summed E-state index contributed by atoms with van der Waals surface area (Å²) in [4.78, 5) is 5.12. The van der Waals surface area contributed by atoms with Crippen molar-refractivity contribution < 1.29 is 0 Å². The van der Waals surface area contributed by atoms with Crippen LogP contribution >= 0.6 is 0 Å². The maximum atomic E-state index is 6.28. The highest BCUT2D eigenvalue weighted by Gasteiger charge is 2.41. The zero-order valence-corrected chi connectivity index (χ0v) is 14.1. The average Bonchev–Trinajstić information content (AvgIpc) is 2.80. The molecule has 1 saturated heterocycles. The van der Waals surface area contributed by atoms with Gasteiger partial charge in [-0.1, -0.05) is 26.7 Å². The van der Waals surface area contributed by atoms with Crippen molar-refractivity contribution in [1.82, 2.24) is 9.80 Å². The lowest BCUT2D eigenvalue weighted by Crippen LogP contribution is -2.53. The molecule has 2 rings (SSSR count). The van der Waals surface area contributed by atoms with Crippen LogP contribution in [0.1, 0.15) is 52.4 Å². The summed E-state index contributed by atoms with van der Waals surface area (Å²) in [6.45, 7) is 8.08. The van der Waals surface area contributed by atoms with Gasteiger partial charge in [-0.25, -0.2) is 0 Å². The summed E-state index contributed by atoms with van der Waals surface area (Å²) in [5, 5.41) is 0. The van der Waals surface area contributed by atoms with Gasteiger partial charge >= 0.3 is 0 Å². The Morgan fingerprint density at radius 2 is 1.95 bits per heavy atom. The van der Waals surface area contributed by atoms with Crippen LogP contribution in [-0.4, -0.2) is 55.1 Å². The van der Waals surface area contributed by atoms with Crippen LogP contribution in [0.4, 0.5) is 0 Å². The Balaban J connectivity index is 2.03. The summed E-state index contributed by atoms with van der Waals surface area (Å²) in [7, 11) is 4.43. The maximum Gasteiger partial charge on any atom is 0.0332 e. The van der Waals surface area contributed by atoms with E-state index in [-0.39, 0.29) is 0 Å². The van der Waals surface area contributed by atoms with Gasteiger partial charge < -0.3 is 10.6 Å². The fourth-order valence-corrected chi connectivity index (χ4v) is 4.33. The molecular formula is C17H35N3. The number of hydrogen-bond acceptors (Lipinski definition) is 3. The predicted molar refractivity (Wildman–Crippen MR) is 86.9 cm³/mol. The van der Waals surface area contributed by atoms with Crippen molar-refractivity contribution in [3.05, 3.63) is 0 Å². The molecular weight excluding hydrogens is 246 g/mol. The third-order valence-electron chi connectivity index (χ3n) is 6.08. The van der Waals surface area contributed by atoms with Crippen molar-refractivity contribution in [3.8, 4) is 0 Å². The molecule has 3 unspecified atom stereocenters. The second-order valence-corrected chi connectivity index (χ2v) is 7.72. The largest absolute Gasteiger partial charge is 0.329 e.